The van der Waals surface area contributed by atoms with Crippen LogP contribution < -0.4 is 0 Å². The zero-order valence-corrected chi connectivity index (χ0v) is 18.1. The molecule has 2 heterocycles. The Labute approximate surface area is 169 Å². The first-order valence-electron chi connectivity index (χ1n) is 10.4. The Morgan fingerprint density at radius 3 is 2.25 bits per heavy atom. The van der Waals surface area contributed by atoms with E-state index < -0.39 is 10.0 Å². The van der Waals surface area contributed by atoms with Gasteiger partial charge in [0, 0.05) is 32.2 Å². The minimum Gasteiger partial charge on any atom is -0.339 e. The van der Waals surface area contributed by atoms with Crippen LogP contribution in [0.25, 0.3) is 0 Å². The Bertz CT molecular complexity index is 769. The van der Waals surface area contributed by atoms with E-state index in [2.05, 4.69) is 25.7 Å². The van der Waals surface area contributed by atoms with E-state index in [1.54, 1.807) is 12.1 Å². The molecular formula is C21H33N3O3S. The van der Waals surface area contributed by atoms with Crippen LogP contribution in [0.15, 0.2) is 29.2 Å². The van der Waals surface area contributed by atoms with Crippen molar-refractivity contribution in [3.63, 3.8) is 0 Å². The second-order valence-electron chi connectivity index (χ2n) is 8.32. The van der Waals surface area contributed by atoms with E-state index in [1.807, 2.05) is 17.0 Å². The summed E-state index contributed by atoms with van der Waals surface area (Å²) in [6.45, 7) is 9.42. The topological polar surface area (TPSA) is 60.9 Å². The molecule has 0 unspecified atom stereocenters. The van der Waals surface area contributed by atoms with Crippen LogP contribution in [0.3, 0.4) is 0 Å². The maximum atomic E-state index is 12.9. The summed E-state index contributed by atoms with van der Waals surface area (Å²) in [6, 6.07) is 7.61. The van der Waals surface area contributed by atoms with Crippen molar-refractivity contribution in [3.8, 4) is 0 Å². The van der Waals surface area contributed by atoms with Crippen LogP contribution in [-0.2, 0) is 14.8 Å². The second kappa shape index (κ2) is 8.93. The third-order valence-electron chi connectivity index (χ3n) is 6.05. The zero-order chi connectivity index (χ0) is 20.3. The molecule has 0 aromatic heterocycles. The molecule has 3 rings (SSSR count). The smallest absolute Gasteiger partial charge is 0.243 e. The number of carbonyl (C=O) groups is 1. The van der Waals surface area contributed by atoms with Crippen molar-refractivity contribution < 1.29 is 13.2 Å². The molecule has 1 atom stereocenters. The number of benzene rings is 1. The number of piperazine rings is 1. The highest BCUT2D eigenvalue weighted by Gasteiger charge is 2.31. The number of hydrogen-bond acceptors (Lipinski definition) is 4. The lowest BCUT2D eigenvalue weighted by Crippen LogP contribution is -2.53. The van der Waals surface area contributed by atoms with Crippen LogP contribution in [0.2, 0.25) is 0 Å². The van der Waals surface area contributed by atoms with E-state index in [-0.39, 0.29) is 5.91 Å². The maximum absolute atomic E-state index is 12.9. The lowest BCUT2D eigenvalue weighted by Gasteiger charge is -2.37. The Balaban J connectivity index is 1.57. The van der Waals surface area contributed by atoms with E-state index in [9.17, 15) is 13.2 Å². The van der Waals surface area contributed by atoms with Crippen LogP contribution in [0.5, 0.6) is 0 Å². The molecule has 156 valence electrons. The van der Waals surface area contributed by atoms with Gasteiger partial charge in [0.2, 0.25) is 15.9 Å². The molecule has 7 heteroatoms. The summed E-state index contributed by atoms with van der Waals surface area (Å²) in [7, 11) is -3.50. The number of piperidine rings is 1. The first kappa shape index (κ1) is 21.3. The molecule has 2 aliphatic rings. The molecule has 2 saturated heterocycles. The fourth-order valence-corrected chi connectivity index (χ4v) is 5.44. The van der Waals surface area contributed by atoms with Gasteiger partial charge in [-0.1, -0.05) is 32.4 Å². The van der Waals surface area contributed by atoms with Crippen molar-refractivity contribution in [2.45, 2.75) is 56.9 Å². The molecule has 1 aromatic rings. The van der Waals surface area contributed by atoms with Gasteiger partial charge < -0.3 is 4.90 Å². The molecule has 0 N–H and O–H groups in total. The van der Waals surface area contributed by atoms with Crippen molar-refractivity contribution in [1.82, 2.24) is 14.1 Å². The molecule has 0 bridgehead atoms. The molecule has 2 fully saturated rings. The summed E-state index contributed by atoms with van der Waals surface area (Å²) in [6.07, 6.45) is 3.54. The number of carbonyl (C=O) groups excluding carboxylic acids is 1. The van der Waals surface area contributed by atoms with E-state index in [0.29, 0.717) is 49.6 Å². The number of nitrogens with zero attached hydrogens (tertiary/aromatic N) is 3. The van der Waals surface area contributed by atoms with Crippen LogP contribution >= 0.6 is 0 Å². The zero-order valence-electron chi connectivity index (χ0n) is 17.3. The molecule has 0 saturated carbocycles. The second-order valence-corrected chi connectivity index (χ2v) is 10.3. The highest BCUT2D eigenvalue weighted by Crippen LogP contribution is 2.22. The summed E-state index contributed by atoms with van der Waals surface area (Å²) in [5.41, 5.74) is 1.13. The van der Waals surface area contributed by atoms with Gasteiger partial charge in [-0.2, -0.15) is 4.31 Å². The van der Waals surface area contributed by atoms with Gasteiger partial charge in [0.1, 0.15) is 0 Å². The van der Waals surface area contributed by atoms with Gasteiger partial charge in [0.05, 0.1) is 11.4 Å². The van der Waals surface area contributed by atoms with E-state index in [1.165, 1.54) is 10.7 Å². The largest absolute Gasteiger partial charge is 0.339 e. The molecule has 0 spiro atoms. The Hall–Kier alpha value is -1.44. The first-order chi connectivity index (χ1) is 13.3. The van der Waals surface area contributed by atoms with Crippen molar-refractivity contribution in [1.29, 1.82) is 0 Å². The maximum Gasteiger partial charge on any atom is 0.243 e. The average molecular weight is 408 g/mol. The van der Waals surface area contributed by atoms with Crippen molar-refractivity contribution in [2.24, 2.45) is 0 Å². The summed E-state index contributed by atoms with van der Waals surface area (Å²) in [4.78, 5) is 17.1. The third-order valence-corrected chi connectivity index (χ3v) is 7.97. The van der Waals surface area contributed by atoms with Gasteiger partial charge in [-0.3, -0.25) is 9.69 Å². The normalized spacial score (nSPS) is 22.6. The molecule has 2 aliphatic heterocycles. The molecule has 1 aromatic carbocycles. The first-order valence-corrected chi connectivity index (χ1v) is 11.8. The minimum absolute atomic E-state index is 0.118. The van der Waals surface area contributed by atoms with Crippen molar-refractivity contribution in [3.05, 3.63) is 29.8 Å². The van der Waals surface area contributed by atoms with Gasteiger partial charge in [-0.15, -0.1) is 0 Å². The molecule has 28 heavy (non-hydrogen) atoms. The highest BCUT2D eigenvalue weighted by atomic mass is 32.2. The summed E-state index contributed by atoms with van der Waals surface area (Å²) in [5.74, 6) is 0.487. The SMILES string of the molecule is CC(C)c1ccc(S(=O)(=O)N2CCN(C(=O)CN3CCCC[C@@H]3C)CC2)cc1. The van der Waals surface area contributed by atoms with Gasteiger partial charge >= 0.3 is 0 Å². The quantitative estimate of drug-likeness (QED) is 0.753. The number of rotatable bonds is 5. The van der Waals surface area contributed by atoms with Crippen molar-refractivity contribution >= 4 is 15.9 Å². The van der Waals surface area contributed by atoms with Crippen LogP contribution in [0, 0.1) is 0 Å². The van der Waals surface area contributed by atoms with Crippen LogP contribution in [0.4, 0.5) is 0 Å². The molecule has 0 aliphatic carbocycles. The standard InChI is InChI=1S/C21H33N3O3S/c1-17(2)19-7-9-20(10-8-19)28(26,27)24-14-12-22(13-15-24)21(25)16-23-11-5-4-6-18(23)3/h7-10,17-18H,4-6,11-16H2,1-3H3/t18-/m0/s1. The molecule has 0 radical (unpaired) electrons. The predicted octanol–water partition coefficient (Wildman–Crippen LogP) is 2.52. The fraction of sp³-hybridized carbons (Fsp3) is 0.667. The van der Waals surface area contributed by atoms with E-state index in [4.69, 9.17) is 0 Å². The minimum atomic E-state index is -3.50. The van der Waals surface area contributed by atoms with Crippen LogP contribution in [0.1, 0.15) is 51.5 Å². The van der Waals surface area contributed by atoms with Gasteiger partial charge in [0.25, 0.3) is 0 Å². The van der Waals surface area contributed by atoms with E-state index >= 15 is 0 Å². The Kier molecular flexibility index (Phi) is 6.78. The number of likely N-dealkylation sites (tertiary alicyclic amines) is 1. The number of hydrogen-bond donors (Lipinski definition) is 0. The van der Waals surface area contributed by atoms with Crippen molar-refractivity contribution in [2.75, 3.05) is 39.3 Å². The van der Waals surface area contributed by atoms with Gasteiger partial charge in [0.15, 0.2) is 0 Å². The van der Waals surface area contributed by atoms with E-state index in [0.717, 1.165) is 24.9 Å². The number of amides is 1. The Morgan fingerprint density at radius 2 is 1.68 bits per heavy atom. The van der Waals surface area contributed by atoms with Gasteiger partial charge in [-0.25, -0.2) is 8.42 Å². The summed E-state index contributed by atoms with van der Waals surface area (Å²) in [5, 5.41) is 0. The average Bonchev–Trinajstić information content (AvgIpc) is 2.70. The molecule has 1 amide bonds. The summed E-state index contributed by atoms with van der Waals surface area (Å²) >= 11 is 0. The summed E-state index contributed by atoms with van der Waals surface area (Å²) < 4.78 is 27.3. The van der Waals surface area contributed by atoms with Crippen LogP contribution in [-0.4, -0.2) is 73.7 Å². The predicted molar refractivity (Wildman–Crippen MR) is 111 cm³/mol. The molecular weight excluding hydrogens is 374 g/mol. The Morgan fingerprint density at radius 1 is 1.04 bits per heavy atom. The fourth-order valence-electron chi connectivity index (χ4n) is 4.02. The monoisotopic (exact) mass is 407 g/mol. The lowest BCUT2D eigenvalue weighted by atomic mass is 10.0. The molecule has 6 nitrogen and oxygen atoms in total. The third kappa shape index (κ3) is 4.75. The van der Waals surface area contributed by atoms with Gasteiger partial charge in [-0.05, 0) is 49.9 Å². The highest BCUT2D eigenvalue weighted by molar-refractivity contribution is 7.89. The number of sulfonamides is 1. The lowest BCUT2D eigenvalue weighted by molar-refractivity contribution is -0.134.